The number of amides is 1. The average molecular weight is 573 g/mol. The van der Waals surface area contributed by atoms with Crippen molar-refractivity contribution in [1.82, 2.24) is 10.6 Å². The molecule has 1 amide bonds. The summed E-state index contributed by atoms with van der Waals surface area (Å²) < 4.78 is 98.0. The fourth-order valence-corrected chi connectivity index (χ4v) is 5.51. The van der Waals surface area contributed by atoms with Crippen LogP contribution in [0.4, 0.5) is 30.7 Å². The SMILES string of the molecule is CNC(=O)C(C(C)c1cc(C(F)(F)F)cc(C(F)(F)F)c1)C(c1ccc(Cl)cc1Cl)C1(F)CCNCC1. The molecule has 0 spiro atoms. The third-order valence-electron chi connectivity index (χ3n) is 6.87. The summed E-state index contributed by atoms with van der Waals surface area (Å²) in [5.41, 5.74) is -5.28. The van der Waals surface area contributed by atoms with Gasteiger partial charge in [-0.25, -0.2) is 4.39 Å². The average Bonchev–Trinajstić information content (AvgIpc) is 2.81. The van der Waals surface area contributed by atoms with Crippen LogP contribution in [0.5, 0.6) is 0 Å². The highest BCUT2D eigenvalue weighted by Gasteiger charge is 2.50. The molecule has 1 saturated heterocycles. The number of hydrogen-bond acceptors (Lipinski definition) is 2. The molecule has 3 atom stereocenters. The summed E-state index contributed by atoms with van der Waals surface area (Å²) in [7, 11) is 1.27. The Bertz CT molecular complexity index is 1100. The van der Waals surface area contributed by atoms with Gasteiger partial charge in [0.25, 0.3) is 0 Å². The number of nitrogens with one attached hydrogen (secondary N) is 2. The highest BCUT2D eigenvalue weighted by molar-refractivity contribution is 6.35. The summed E-state index contributed by atoms with van der Waals surface area (Å²) in [6.07, 6.45) is -10.2. The van der Waals surface area contributed by atoms with Crippen molar-refractivity contribution in [1.29, 1.82) is 0 Å². The maximum absolute atomic E-state index is 16.7. The maximum Gasteiger partial charge on any atom is 0.416 e. The summed E-state index contributed by atoms with van der Waals surface area (Å²) in [5.74, 6) is -4.71. The molecule has 3 rings (SSSR count). The lowest BCUT2D eigenvalue weighted by Gasteiger charge is -2.43. The molecule has 1 aliphatic rings. The zero-order valence-corrected chi connectivity index (χ0v) is 21.3. The Morgan fingerprint density at radius 3 is 1.97 bits per heavy atom. The Labute approximate surface area is 219 Å². The fourth-order valence-electron chi connectivity index (χ4n) is 4.98. The van der Waals surface area contributed by atoms with E-state index in [1.807, 2.05) is 0 Å². The van der Waals surface area contributed by atoms with E-state index in [0.717, 1.165) is 0 Å². The van der Waals surface area contributed by atoms with Gasteiger partial charge >= 0.3 is 12.4 Å². The van der Waals surface area contributed by atoms with Gasteiger partial charge in [0, 0.05) is 23.0 Å². The van der Waals surface area contributed by atoms with Crippen LogP contribution >= 0.6 is 23.2 Å². The molecule has 3 unspecified atom stereocenters. The quantitative estimate of drug-likeness (QED) is 0.355. The number of hydrogen-bond donors (Lipinski definition) is 2. The smallest absolute Gasteiger partial charge is 0.359 e. The molecule has 12 heteroatoms. The van der Waals surface area contributed by atoms with Gasteiger partial charge < -0.3 is 10.6 Å². The molecule has 1 heterocycles. The molecule has 2 N–H and O–H groups in total. The Morgan fingerprint density at radius 2 is 1.51 bits per heavy atom. The van der Waals surface area contributed by atoms with Crippen molar-refractivity contribution in [2.75, 3.05) is 20.1 Å². The van der Waals surface area contributed by atoms with Gasteiger partial charge in [-0.2, -0.15) is 26.3 Å². The minimum atomic E-state index is -5.08. The standard InChI is InChI=1S/C25H25Cl2F7N2O/c1-13(14-9-15(24(29,30)31)11-16(10-14)25(32,33)34)20(22(37)35-2)21(23(28)5-7-36-8-6-23)18-4-3-17(26)12-19(18)27/h3-4,9-13,20-21,36H,5-8H2,1-2H3,(H,35,37). The third-order valence-corrected chi connectivity index (χ3v) is 7.43. The molecule has 0 aromatic heterocycles. The van der Waals surface area contributed by atoms with E-state index in [2.05, 4.69) is 10.6 Å². The molecule has 0 radical (unpaired) electrons. The van der Waals surface area contributed by atoms with Crippen molar-refractivity contribution in [3.63, 3.8) is 0 Å². The monoisotopic (exact) mass is 572 g/mol. The van der Waals surface area contributed by atoms with E-state index in [1.54, 1.807) is 0 Å². The zero-order valence-electron chi connectivity index (χ0n) is 19.8. The Kier molecular flexibility index (Phi) is 8.76. The van der Waals surface area contributed by atoms with Crippen molar-refractivity contribution >= 4 is 29.1 Å². The first kappa shape index (κ1) is 29.5. The van der Waals surface area contributed by atoms with Crippen LogP contribution in [0.1, 0.15) is 53.9 Å². The fraction of sp³-hybridized carbons (Fsp3) is 0.480. The predicted molar refractivity (Wildman–Crippen MR) is 128 cm³/mol. The zero-order chi connectivity index (χ0) is 27.8. The van der Waals surface area contributed by atoms with E-state index >= 15 is 4.39 Å². The molecular weight excluding hydrogens is 548 g/mol. The van der Waals surface area contributed by atoms with Gasteiger partial charge in [-0.3, -0.25) is 4.79 Å². The summed E-state index contributed by atoms with van der Waals surface area (Å²) >= 11 is 12.4. The minimum Gasteiger partial charge on any atom is -0.359 e. The first-order valence-corrected chi connectivity index (χ1v) is 12.2. The molecule has 37 heavy (non-hydrogen) atoms. The van der Waals surface area contributed by atoms with Gasteiger partial charge in [-0.1, -0.05) is 36.2 Å². The molecule has 1 aliphatic heterocycles. The van der Waals surface area contributed by atoms with Crippen LogP contribution in [0, 0.1) is 5.92 Å². The van der Waals surface area contributed by atoms with Gasteiger partial charge in [0.15, 0.2) is 0 Å². The summed E-state index contributed by atoms with van der Waals surface area (Å²) in [4.78, 5) is 13.3. The van der Waals surface area contributed by atoms with Crippen LogP contribution in [0.15, 0.2) is 36.4 Å². The number of rotatable bonds is 6. The highest BCUT2D eigenvalue weighted by Crippen LogP contribution is 2.51. The van der Waals surface area contributed by atoms with Gasteiger partial charge in [-0.05, 0) is 73.3 Å². The van der Waals surface area contributed by atoms with Gasteiger partial charge in [0.05, 0.1) is 17.0 Å². The van der Waals surface area contributed by atoms with E-state index < -0.39 is 58.4 Å². The molecule has 1 fully saturated rings. The molecule has 0 saturated carbocycles. The van der Waals surface area contributed by atoms with E-state index in [9.17, 15) is 31.1 Å². The second-order valence-electron chi connectivity index (χ2n) is 9.20. The Hall–Kier alpha value is -2.04. The van der Waals surface area contributed by atoms with Crippen LogP contribution in [0.3, 0.4) is 0 Å². The number of piperidine rings is 1. The molecule has 204 valence electrons. The first-order valence-electron chi connectivity index (χ1n) is 11.4. The molecule has 3 nitrogen and oxygen atoms in total. The Balaban J connectivity index is 2.26. The second kappa shape index (κ2) is 11.0. The predicted octanol–water partition coefficient (Wildman–Crippen LogP) is 7.37. The van der Waals surface area contributed by atoms with Crippen LogP contribution in [-0.4, -0.2) is 31.7 Å². The van der Waals surface area contributed by atoms with Crippen molar-refractivity contribution in [2.45, 2.75) is 49.6 Å². The normalized spacial score (nSPS) is 18.7. The molecule has 0 aliphatic carbocycles. The lowest BCUT2D eigenvalue weighted by molar-refractivity contribution is -0.143. The summed E-state index contributed by atoms with van der Waals surface area (Å²) in [5, 5.41) is 5.70. The van der Waals surface area contributed by atoms with Crippen LogP contribution in [0.25, 0.3) is 0 Å². The third kappa shape index (κ3) is 6.52. The van der Waals surface area contributed by atoms with Gasteiger partial charge in [0.1, 0.15) is 5.67 Å². The molecular formula is C25H25Cl2F7N2O. The molecule has 2 aromatic carbocycles. The van der Waals surface area contributed by atoms with Gasteiger partial charge in [0.2, 0.25) is 5.91 Å². The number of carbonyl (C=O) groups is 1. The van der Waals surface area contributed by atoms with E-state index in [-0.39, 0.29) is 47.6 Å². The van der Waals surface area contributed by atoms with E-state index in [1.165, 1.54) is 32.2 Å². The second-order valence-corrected chi connectivity index (χ2v) is 10.0. The van der Waals surface area contributed by atoms with Crippen molar-refractivity contribution in [2.24, 2.45) is 5.92 Å². The lowest BCUT2D eigenvalue weighted by Crippen LogP contribution is -2.49. The van der Waals surface area contributed by atoms with E-state index in [4.69, 9.17) is 23.2 Å². The first-order chi connectivity index (χ1) is 17.1. The van der Waals surface area contributed by atoms with Crippen LogP contribution in [0.2, 0.25) is 10.0 Å². The highest BCUT2D eigenvalue weighted by atomic mass is 35.5. The summed E-state index contributed by atoms with van der Waals surface area (Å²) in [6.45, 7) is 1.83. The van der Waals surface area contributed by atoms with Gasteiger partial charge in [-0.15, -0.1) is 0 Å². The van der Waals surface area contributed by atoms with Crippen molar-refractivity contribution < 1.29 is 35.5 Å². The number of halogens is 9. The van der Waals surface area contributed by atoms with Crippen molar-refractivity contribution in [3.8, 4) is 0 Å². The number of carbonyl (C=O) groups excluding carboxylic acids is 1. The number of alkyl halides is 7. The lowest BCUT2D eigenvalue weighted by atomic mass is 9.65. The number of benzene rings is 2. The molecule has 0 bridgehead atoms. The van der Waals surface area contributed by atoms with Crippen LogP contribution < -0.4 is 10.6 Å². The Morgan fingerprint density at radius 1 is 0.973 bits per heavy atom. The van der Waals surface area contributed by atoms with E-state index in [0.29, 0.717) is 12.1 Å². The summed E-state index contributed by atoms with van der Waals surface area (Å²) in [6, 6.07) is 5.40. The molecule has 2 aromatic rings. The maximum atomic E-state index is 16.7. The van der Waals surface area contributed by atoms with Crippen LogP contribution in [-0.2, 0) is 17.1 Å². The van der Waals surface area contributed by atoms with Crippen molar-refractivity contribution in [3.05, 3.63) is 68.7 Å². The minimum absolute atomic E-state index is 0.0160. The topological polar surface area (TPSA) is 41.1 Å². The largest absolute Gasteiger partial charge is 0.416 e.